The lowest BCUT2D eigenvalue weighted by molar-refractivity contribution is 0.345. The minimum atomic E-state index is 0.123. The standard InChI is InChI=1S/C22H24ClN3OS/c1-15-14-17-7-2-4-8-18(17)20(15)25-21-26(12-13-27-21)22(28)24-11-10-16-6-3-5-9-19(16)23/h2-9,15,20H,10-14H2,1H3,(H,24,28). The summed E-state index contributed by atoms with van der Waals surface area (Å²) in [6, 6.07) is 17.2. The summed E-state index contributed by atoms with van der Waals surface area (Å²) in [5.41, 5.74) is 3.80. The van der Waals surface area contributed by atoms with Crippen molar-refractivity contribution in [1.82, 2.24) is 10.2 Å². The molecule has 1 fully saturated rings. The Morgan fingerprint density at radius 1 is 1.25 bits per heavy atom. The molecule has 1 saturated heterocycles. The van der Waals surface area contributed by atoms with Gasteiger partial charge in [0.25, 0.3) is 6.02 Å². The van der Waals surface area contributed by atoms with Crippen molar-refractivity contribution in [2.45, 2.75) is 25.8 Å². The summed E-state index contributed by atoms with van der Waals surface area (Å²) in [6.07, 6.45) is 1.87. The van der Waals surface area contributed by atoms with Crippen LogP contribution in [0.4, 0.5) is 0 Å². The predicted molar refractivity (Wildman–Crippen MR) is 118 cm³/mol. The summed E-state index contributed by atoms with van der Waals surface area (Å²) in [5, 5.41) is 4.77. The highest BCUT2D eigenvalue weighted by Crippen LogP contribution is 2.39. The molecule has 4 rings (SSSR count). The Labute approximate surface area is 176 Å². The molecule has 2 aromatic carbocycles. The highest BCUT2D eigenvalue weighted by atomic mass is 35.5. The fourth-order valence-electron chi connectivity index (χ4n) is 3.89. The monoisotopic (exact) mass is 413 g/mol. The van der Waals surface area contributed by atoms with Crippen LogP contribution >= 0.6 is 23.8 Å². The van der Waals surface area contributed by atoms with Gasteiger partial charge in [-0.1, -0.05) is 61.0 Å². The summed E-state index contributed by atoms with van der Waals surface area (Å²) < 4.78 is 5.82. The van der Waals surface area contributed by atoms with Gasteiger partial charge in [0.2, 0.25) is 0 Å². The number of thiocarbonyl (C=S) groups is 1. The average molecular weight is 414 g/mol. The Morgan fingerprint density at radius 3 is 2.89 bits per heavy atom. The molecule has 0 aromatic heterocycles. The summed E-state index contributed by atoms with van der Waals surface area (Å²) >= 11 is 11.8. The molecule has 4 nitrogen and oxygen atoms in total. The van der Waals surface area contributed by atoms with Gasteiger partial charge in [-0.15, -0.1) is 0 Å². The zero-order valence-corrected chi connectivity index (χ0v) is 17.5. The lowest BCUT2D eigenvalue weighted by Crippen LogP contribution is -2.41. The number of fused-ring (bicyclic) bond motifs is 1. The number of amidine groups is 1. The first-order valence-corrected chi connectivity index (χ1v) is 10.5. The summed E-state index contributed by atoms with van der Waals surface area (Å²) in [6.45, 7) is 4.29. The van der Waals surface area contributed by atoms with Gasteiger partial charge in [-0.05, 0) is 53.7 Å². The molecule has 2 atom stereocenters. The molecule has 0 bridgehead atoms. The van der Waals surface area contributed by atoms with Crippen molar-refractivity contribution >= 4 is 35.0 Å². The number of benzene rings is 2. The fourth-order valence-corrected chi connectivity index (χ4v) is 4.39. The van der Waals surface area contributed by atoms with Crippen molar-refractivity contribution in [3.63, 3.8) is 0 Å². The first kappa shape index (κ1) is 19.2. The molecule has 0 saturated carbocycles. The molecular weight excluding hydrogens is 390 g/mol. The van der Waals surface area contributed by atoms with E-state index in [4.69, 9.17) is 33.5 Å². The molecule has 28 heavy (non-hydrogen) atoms. The van der Waals surface area contributed by atoms with E-state index in [1.807, 2.05) is 29.2 Å². The molecule has 1 N–H and O–H groups in total. The second-order valence-electron chi connectivity index (χ2n) is 7.31. The number of nitrogens with zero attached hydrogens (tertiary/aromatic N) is 2. The van der Waals surface area contributed by atoms with Crippen molar-refractivity contribution < 1.29 is 4.74 Å². The SMILES string of the molecule is CC1Cc2ccccc2C1N=C1OCCN1C(=S)NCCc1ccccc1Cl. The molecule has 2 unspecified atom stereocenters. The van der Waals surface area contributed by atoms with Gasteiger partial charge in [0, 0.05) is 11.6 Å². The fraction of sp³-hybridized carbons (Fsp3) is 0.364. The topological polar surface area (TPSA) is 36.9 Å². The number of rotatable bonds is 4. The first-order valence-electron chi connectivity index (χ1n) is 9.70. The van der Waals surface area contributed by atoms with Crippen LogP contribution in [0.1, 0.15) is 29.7 Å². The van der Waals surface area contributed by atoms with Gasteiger partial charge in [-0.2, -0.15) is 0 Å². The third-order valence-corrected chi connectivity index (χ3v) is 6.09. The Morgan fingerprint density at radius 2 is 2.04 bits per heavy atom. The molecule has 1 heterocycles. The van der Waals surface area contributed by atoms with Gasteiger partial charge in [-0.3, -0.25) is 4.90 Å². The van der Waals surface area contributed by atoms with Crippen LogP contribution in [-0.4, -0.2) is 35.7 Å². The van der Waals surface area contributed by atoms with Crippen LogP contribution in [0.2, 0.25) is 5.02 Å². The number of hydrogen-bond donors (Lipinski definition) is 1. The smallest absolute Gasteiger partial charge is 0.294 e. The van der Waals surface area contributed by atoms with Crippen LogP contribution in [-0.2, 0) is 17.6 Å². The van der Waals surface area contributed by atoms with Crippen LogP contribution in [0.15, 0.2) is 53.5 Å². The molecule has 6 heteroatoms. The van der Waals surface area contributed by atoms with E-state index in [2.05, 4.69) is 36.5 Å². The van der Waals surface area contributed by atoms with Crippen LogP contribution in [0.5, 0.6) is 0 Å². The minimum absolute atomic E-state index is 0.123. The number of hydrogen-bond acceptors (Lipinski definition) is 3. The minimum Gasteiger partial charge on any atom is -0.463 e. The second-order valence-corrected chi connectivity index (χ2v) is 8.10. The number of ether oxygens (including phenoxy) is 1. The van der Waals surface area contributed by atoms with E-state index in [9.17, 15) is 0 Å². The van der Waals surface area contributed by atoms with E-state index in [0.717, 1.165) is 36.5 Å². The quantitative estimate of drug-likeness (QED) is 0.755. The van der Waals surface area contributed by atoms with Crippen LogP contribution < -0.4 is 5.32 Å². The van der Waals surface area contributed by atoms with Gasteiger partial charge >= 0.3 is 0 Å². The van der Waals surface area contributed by atoms with Gasteiger partial charge < -0.3 is 10.1 Å². The summed E-state index contributed by atoms with van der Waals surface area (Å²) in [5.74, 6) is 0.456. The van der Waals surface area contributed by atoms with Crippen LogP contribution in [0.3, 0.4) is 0 Å². The largest absolute Gasteiger partial charge is 0.463 e. The molecule has 2 aromatic rings. The normalized spacial score (nSPS) is 22.2. The van der Waals surface area contributed by atoms with E-state index in [-0.39, 0.29) is 6.04 Å². The van der Waals surface area contributed by atoms with Crippen molar-refractivity contribution in [1.29, 1.82) is 0 Å². The van der Waals surface area contributed by atoms with E-state index in [1.54, 1.807) is 0 Å². The van der Waals surface area contributed by atoms with Gasteiger partial charge in [0.15, 0.2) is 5.11 Å². The number of halogens is 1. The molecule has 146 valence electrons. The molecule has 2 aliphatic rings. The van der Waals surface area contributed by atoms with Crippen molar-refractivity contribution in [2.24, 2.45) is 10.9 Å². The Hall–Kier alpha value is -2.11. The highest BCUT2D eigenvalue weighted by Gasteiger charge is 2.32. The third-order valence-electron chi connectivity index (χ3n) is 5.35. The van der Waals surface area contributed by atoms with Gasteiger partial charge in [0.05, 0.1) is 12.6 Å². The highest BCUT2D eigenvalue weighted by molar-refractivity contribution is 7.80. The zero-order chi connectivity index (χ0) is 19.5. The molecule has 0 spiro atoms. The Balaban J connectivity index is 1.41. The first-order chi connectivity index (χ1) is 13.6. The van der Waals surface area contributed by atoms with Gasteiger partial charge in [0.1, 0.15) is 6.61 Å². The van der Waals surface area contributed by atoms with Crippen molar-refractivity contribution in [3.8, 4) is 0 Å². The molecule has 0 radical (unpaired) electrons. The van der Waals surface area contributed by atoms with E-state index >= 15 is 0 Å². The predicted octanol–water partition coefficient (Wildman–Crippen LogP) is 4.38. The average Bonchev–Trinajstić information content (AvgIpc) is 3.28. The zero-order valence-electron chi connectivity index (χ0n) is 15.9. The maximum absolute atomic E-state index is 6.23. The van der Waals surface area contributed by atoms with Gasteiger partial charge in [-0.25, -0.2) is 4.99 Å². The maximum Gasteiger partial charge on any atom is 0.294 e. The molecular formula is C22H24ClN3OS. The lowest BCUT2D eigenvalue weighted by Gasteiger charge is -2.20. The van der Waals surface area contributed by atoms with E-state index in [0.29, 0.717) is 23.7 Å². The van der Waals surface area contributed by atoms with Crippen LogP contribution in [0.25, 0.3) is 0 Å². The lowest BCUT2D eigenvalue weighted by atomic mass is 10.0. The summed E-state index contributed by atoms with van der Waals surface area (Å²) in [4.78, 5) is 6.92. The van der Waals surface area contributed by atoms with Crippen molar-refractivity contribution in [2.75, 3.05) is 19.7 Å². The van der Waals surface area contributed by atoms with E-state index < -0.39 is 0 Å². The Bertz CT molecular complexity index is 901. The van der Waals surface area contributed by atoms with Crippen LogP contribution in [0, 0.1) is 5.92 Å². The Kier molecular flexibility index (Phi) is 5.83. The molecule has 1 aliphatic heterocycles. The summed E-state index contributed by atoms with van der Waals surface area (Å²) in [7, 11) is 0. The second kappa shape index (κ2) is 8.50. The third kappa shape index (κ3) is 4.01. The number of nitrogens with one attached hydrogen (secondary N) is 1. The maximum atomic E-state index is 6.23. The number of aliphatic imine (C=N–C) groups is 1. The molecule has 1 aliphatic carbocycles. The van der Waals surface area contributed by atoms with E-state index in [1.165, 1.54) is 11.1 Å². The van der Waals surface area contributed by atoms with Crippen molar-refractivity contribution in [3.05, 3.63) is 70.2 Å². The molecule has 0 amide bonds.